The summed E-state index contributed by atoms with van der Waals surface area (Å²) in [6.07, 6.45) is 1.11. The van der Waals surface area contributed by atoms with E-state index in [2.05, 4.69) is 13.8 Å². The number of likely N-dealkylation sites (tertiary alicyclic amines) is 1. The second-order valence-electron chi connectivity index (χ2n) is 5.75. The summed E-state index contributed by atoms with van der Waals surface area (Å²) < 4.78 is 5.03. The van der Waals surface area contributed by atoms with Crippen LogP contribution in [0.25, 0.3) is 0 Å². The molecule has 0 radical (unpaired) electrons. The van der Waals surface area contributed by atoms with Crippen molar-refractivity contribution in [2.45, 2.75) is 13.8 Å². The summed E-state index contributed by atoms with van der Waals surface area (Å²) in [5.74, 6) is -0.00841. The van der Waals surface area contributed by atoms with Crippen molar-refractivity contribution in [3.05, 3.63) is 23.7 Å². The molecule has 18 heavy (non-hydrogen) atoms. The van der Waals surface area contributed by atoms with Crippen LogP contribution in [0, 0.1) is 17.3 Å². The third-order valence-electron chi connectivity index (χ3n) is 4.47. The number of carbonyl (C=O) groups is 2. The van der Waals surface area contributed by atoms with Gasteiger partial charge in [0.15, 0.2) is 5.76 Å². The standard InChI is InChI=1S/C13H15NO4/c1-13(2)8-4-14(5-9(8)13)11(15)10-3-7(6-18-10)12(16)17/h3,6,8-9H,4-5H2,1-2H3,(H,16,17). The van der Waals surface area contributed by atoms with Crippen LogP contribution in [-0.2, 0) is 0 Å². The first-order valence-corrected chi connectivity index (χ1v) is 6.02. The number of nitrogens with zero attached hydrogens (tertiary/aromatic N) is 1. The SMILES string of the molecule is CC1(C)C2CN(C(=O)c3cc(C(=O)O)co3)CC21. The van der Waals surface area contributed by atoms with Crippen LogP contribution in [0.4, 0.5) is 0 Å². The molecule has 0 bridgehead atoms. The van der Waals surface area contributed by atoms with Crippen molar-refractivity contribution in [3.63, 3.8) is 0 Å². The van der Waals surface area contributed by atoms with Gasteiger partial charge >= 0.3 is 5.97 Å². The zero-order chi connectivity index (χ0) is 13.1. The Kier molecular flexibility index (Phi) is 2.12. The van der Waals surface area contributed by atoms with Crippen LogP contribution in [0.3, 0.4) is 0 Å². The monoisotopic (exact) mass is 249 g/mol. The van der Waals surface area contributed by atoms with Crippen LogP contribution >= 0.6 is 0 Å². The Labute approximate surface area is 104 Å². The number of hydrogen-bond donors (Lipinski definition) is 1. The molecule has 96 valence electrons. The average molecular weight is 249 g/mol. The fraction of sp³-hybridized carbons (Fsp3) is 0.538. The number of carboxylic acids is 1. The van der Waals surface area contributed by atoms with E-state index >= 15 is 0 Å². The minimum Gasteiger partial charge on any atom is -0.478 e. The summed E-state index contributed by atoms with van der Waals surface area (Å²) in [5, 5.41) is 8.78. The molecule has 2 atom stereocenters. The first kappa shape index (κ1) is 11.3. The van der Waals surface area contributed by atoms with Crippen molar-refractivity contribution < 1.29 is 19.1 Å². The maximum absolute atomic E-state index is 12.1. The molecule has 1 N–H and O–H groups in total. The maximum Gasteiger partial charge on any atom is 0.338 e. The van der Waals surface area contributed by atoms with Gasteiger partial charge in [-0.15, -0.1) is 0 Å². The second-order valence-corrected chi connectivity index (χ2v) is 5.75. The predicted octanol–water partition coefficient (Wildman–Crippen LogP) is 1.71. The van der Waals surface area contributed by atoms with Gasteiger partial charge in [-0.1, -0.05) is 13.8 Å². The van der Waals surface area contributed by atoms with E-state index < -0.39 is 5.97 Å². The lowest BCUT2D eigenvalue weighted by Crippen LogP contribution is -2.32. The Morgan fingerprint density at radius 1 is 1.39 bits per heavy atom. The Morgan fingerprint density at radius 3 is 2.50 bits per heavy atom. The lowest BCUT2D eigenvalue weighted by atomic mass is 10.1. The molecule has 1 aromatic rings. The van der Waals surface area contributed by atoms with E-state index in [9.17, 15) is 9.59 Å². The number of fused-ring (bicyclic) bond motifs is 1. The van der Waals surface area contributed by atoms with Gasteiger partial charge < -0.3 is 14.4 Å². The molecule has 0 aromatic carbocycles. The van der Waals surface area contributed by atoms with E-state index in [1.165, 1.54) is 6.07 Å². The van der Waals surface area contributed by atoms with Crippen LogP contribution in [-0.4, -0.2) is 35.0 Å². The van der Waals surface area contributed by atoms with Crippen molar-refractivity contribution in [2.75, 3.05) is 13.1 Å². The molecule has 5 nitrogen and oxygen atoms in total. The molecule has 5 heteroatoms. The molecule has 3 rings (SSSR count). The third kappa shape index (κ3) is 1.46. The summed E-state index contributed by atoms with van der Waals surface area (Å²) in [6.45, 7) is 5.94. The van der Waals surface area contributed by atoms with Gasteiger partial charge in [0, 0.05) is 19.2 Å². The predicted molar refractivity (Wildman–Crippen MR) is 62.3 cm³/mol. The Hall–Kier alpha value is -1.78. The van der Waals surface area contributed by atoms with E-state index in [0.29, 0.717) is 17.3 Å². The molecule has 1 saturated heterocycles. The fourth-order valence-corrected chi connectivity index (χ4v) is 3.01. The maximum atomic E-state index is 12.1. The van der Waals surface area contributed by atoms with Gasteiger partial charge in [-0.2, -0.15) is 0 Å². The molecule has 1 saturated carbocycles. The fourth-order valence-electron chi connectivity index (χ4n) is 3.01. The number of hydrogen-bond acceptors (Lipinski definition) is 3. The van der Waals surface area contributed by atoms with Gasteiger partial charge in [0.25, 0.3) is 5.91 Å². The smallest absolute Gasteiger partial charge is 0.338 e. The van der Waals surface area contributed by atoms with E-state index in [-0.39, 0.29) is 17.2 Å². The number of amides is 1. The quantitative estimate of drug-likeness (QED) is 0.866. The molecule has 2 fully saturated rings. The highest BCUT2D eigenvalue weighted by atomic mass is 16.4. The highest BCUT2D eigenvalue weighted by Crippen LogP contribution is 2.62. The average Bonchev–Trinajstić information content (AvgIpc) is 2.82. The van der Waals surface area contributed by atoms with Crippen LogP contribution in [0.1, 0.15) is 34.8 Å². The minimum absolute atomic E-state index is 0.0167. The molecule has 2 aliphatic rings. The third-order valence-corrected chi connectivity index (χ3v) is 4.47. The molecular weight excluding hydrogens is 234 g/mol. The molecule has 1 aliphatic heterocycles. The van der Waals surface area contributed by atoms with Gasteiger partial charge in [0.05, 0.1) is 5.56 Å². The van der Waals surface area contributed by atoms with E-state index in [1.54, 1.807) is 4.90 Å². The van der Waals surface area contributed by atoms with Crippen molar-refractivity contribution >= 4 is 11.9 Å². The van der Waals surface area contributed by atoms with Gasteiger partial charge in [-0.05, 0) is 17.3 Å². The normalized spacial score (nSPS) is 28.0. The summed E-state index contributed by atoms with van der Waals surface area (Å²) in [5.41, 5.74) is 0.370. The van der Waals surface area contributed by atoms with Crippen LogP contribution in [0.5, 0.6) is 0 Å². The lowest BCUT2D eigenvalue weighted by Gasteiger charge is -2.20. The number of rotatable bonds is 2. The number of aromatic carboxylic acids is 1. The van der Waals surface area contributed by atoms with Gasteiger partial charge in [-0.3, -0.25) is 4.79 Å². The van der Waals surface area contributed by atoms with Gasteiger partial charge in [0.2, 0.25) is 0 Å². The number of piperidine rings is 1. The Morgan fingerprint density at radius 2 is 2.00 bits per heavy atom. The molecular formula is C13H15NO4. The molecule has 1 aliphatic carbocycles. The van der Waals surface area contributed by atoms with Crippen molar-refractivity contribution in [2.24, 2.45) is 17.3 Å². The van der Waals surface area contributed by atoms with Gasteiger partial charge in [0.1, 0.15) is 6.26 Å². The summed E-state index contributed by atoms with van der Waals surface area (Å²) in [6, 6.07) is 1.29. The lowest BCUT2D eigenvalue weighted by molar-refractivity contribution is 0.0693. The zero-order valence-corrected chi connectivity index (χ0v) is 10.3. The topological polar surface area (TPSA) is 70.8 Å². The number of furan rings is 1. The van der Waals surface area contributed by atoms with Gasteiger partial charge in [-0.25, -0.2) is 4.79 Å². The van der Waals surface area contributed by atoms with Crippen molar-refractivity contribution in [3.8, 4) is 0 Å². The molecule has 0 spiro atoms. The first-order valence-electron chi connectivity index (χ1n) is 6.02. The highest BCUT2D eigenvalue weighted by molar-refractivity contribution is 5.95. The summed E-state index contributed by atoms with van der Waals surface area (Å²) >= 11 is 0. The van der Waals surface area contributed by atoms with Crippen LogP contribution in [0.2, 0.25) is 0 Å². The highest BCUT2D eigenvalue weighted by Gasteiger charge is 2.62. The zero-order valence-electron chi connectivity index (χ0n) is 10.3. The van der Waals surface area contributed by atoms with Crippen molar-refractivity contribution in [1.29, 1.82) is 0 Å². The molecule has 1 aromatic heterocycles. The minimum atomic E-state index is -1.08. The van der Waals surface area contributed by atoms with Crippen molar-refractivity contribution in [1.82, 2.24) is 4.90 Å². The summed E-state index contributed by atoms with van der Waals surface area (Å²) in [7, 11) is 0. The molecule has 2 unspecified atom stereocenters. The largest absolute Gasteiger partial charge is 0.478 e. The Balaban J connectivity index is 1.71. The van der Waals surface area contributed by atoms with E-state index in [1.807, 2.05) is 0 Å². The van der Waals surface area contributed by atoms with Crippen LogP contribution < -0.4 is 0 Å². The van der Waals surface area contributed by atoms with Crippen LogP contribution in [0.15, 0.2) is 16.7 Å². The Bertz CT molecular complexity index is 517. The molecule has 1 amide bonds. The first-order chi connectivity index (χ1) is 8.41. The van der Waals surface area contributed by atoms with E-state index in [4.69, 9.17) is 9.52 Å². The second kappa shape index (κ2) is 3.37. The number of carboxylic acid groups (broad SMARTS) is 1. The summed E-state index contributed by atoms with van der Waals surface area (Å²) in [4.78, 5) is 24.6. The molecule has 2 heterocycles. The van der Waals surface area contributed by atoms with E-state index in [0.717, 1.165) is 19.4 Å². The number of carbonyl (C=O) groups excluding carboxylic acids is 1.